The highest BCUT2D eigenvalue weighted by atomic mass is 16.5. The van der Waals surface area contributed by atoms with Gasteiger partial charge in [-0.3, -0.25) is 0 Å². The Morgan fingerprint density at radius 3 is 2.95 bits per heavy atom. The van der Waals surface area contributed by atoms with Crippen molar-refractivity contribution >= 4 is 5.96 Å². The zero-order chi connectivity index (χ0) is 13.9. The van der Waals surface area contributed by atoms with Crippen LogP contribution in [0.15, 0.2) is 9.52 Å². The number of rotatable bonds is 4. The van der Waals surface area contributed by atoms with Crippen molar-refractivity contribution in [1.29, 1.82) is 0 Å². The van der Waals surface area contributed by atoms with E-state index >= 15 is 0 Å². The quantitative estimate of drug-likeness (QED) is 0.625. The predicted octanol–water partition coefficient (Wildman–Crippen LogP) is 0.753. The van der Waals surface area contributed by atoms with Crippen LogP contribution in [-0.4, -0.2) is 40.9 Å². The summed E-state index contributed by atoms with van der Waals surface area (Å²) in [5.41, 5.74) is 0. The van der Waals surface area contributed by atoms with Gasteiger partial charge in [0.25, 0.3) is 0 Å². The molecule has 2 saturated heterocycles. The number of aliphatic imine (C=N–C) groups is 1. The van der Waals surface area contributed by atoms with Gasteiger partial charge in [0.15, 0.2) is 11.8 Å². The van der Waals surface area contributed by atoms with E-state index in [4.69, 9.17) is 9.26 Å². The van der Waals surface area contributed by atoms with E-state index in [2.05, 4.69) is 25.8 Å². The van der Waals surface area contributed by atoms with E-state index in [1.807, 2.05) is 6.92 Å². The summed E-state index contributed by atoms with van der Waals surface area (Å²) in [7, 11) is 0. The van der Waals surface area contributed by atoms with Gasteiger partial charge in [0, 0.05) is 13.5 Å². The fourth-order valence-corrected chi connectivity index (χ4v) is 2.84. The molecule has 2 N–H and O–H groups in total. The second kappa shape index (κ2) is 5.78. The van der Waals surface area contributed by atoms with Crippen LogP contribution in [0.5, 0.6) is 0 Å². The SMILES string of the molecule is CCNC(=NCc1noc(C)n1)NC1CC2CCC1O2. The number of hydrogen-bond donors (Lipinski definition) is 2. The van der Waals surface area contributed by atoms with Gasteiger partial charge in [0.1, 0.15) is 6.54 Å². The Labute approximate surface area is 118 Å². The van der Waals surface area contributed by atoms with Gasteiger partial charge in [0.2, 0.25) is 5.89 Å². The fourth-order valence-electron chi connectivity index (χ4n) is 2.84. The molecule has 0 amide bonds. The van der Waals surface area contributed by atoms with Gasteiger partial charge in [-0.15, -0.1) is 0 Å². The average molecular weight is 279 g/mol. The normalized spacial score (nSPS) is 28.9. The molecule has 0 aliphatic carbocycles. The van der Waals surface area contributed by atoms with Gasteiger partial charge in [-0.05, 0) is 26.2 Å². The van der Waals surface area contributed by atoms with E-state index in [1.165, 1.54) is 6.42 Å². The van der Waals surface area contributed by atoms with Gasteiger partial charge in [-0.2, -0.15) is 4.98 Å². The van der Waals surface area contributed by atoms with E-state index in [9.17, 15) is 0 Å². The van der Waals surface area contributed by atoms with Crippen LogP contribution in [0, 0.1) is 6.92 Å². The molecule has 3 unspecified atom stereocenters. The van der Waals surface area contributed by atoms with Gasteiger partial charge in [-0.1, -0.05) is 5.16 Å². The summed E-state index contributed by atoms with van der Waals surface area (Å²) in [6.45, 7) is 5.05. The molecule has 3 heterocycles. The van der Waals surface area contributed by atoms with Crippen LogP contribution in [0.25, 0.3) is 0 Å². The van der Waals surface area contributed by atoms with E-state index in [-0.39, 0.29) is 0 Å². The summed E-state index contributed by atoms with van der Waals surface area (Å²) < 4.78 is 10.8. The van der Waals surface area contributed by atoms with Gasteiger partial charge < -0.3 is 19.9 Å². The summed E-state index contributed by atoms with van der Waals surface area (Å²) in [5, 5.41) is 10.5. The first-order chi connectivity index (χ1) is 9.74. The summed E-state index contributed by atoms with van der Waals surface area (Å²) >= 11 is 0. The molecule has 1 aromatic rings. The van der Waals surface area contributed by atoms with Crippen molar-refractivity contribution in [2.75, 3.05) is 6.54 Å². The molecule has 1 aromatic heterocycles. The maximum Gasteiger partial charge on any atom is 0.223 e. The Kier molecular flexibility index (Phi) is 3.86. The molecule has 7 heteroatoms. The minimum absolute atomic E-state index is 0.330. The Balaban J connectivity index is 1.59. The second-order valence-corrected chi connectivity index (χ2v) is 5.29. The van der Waals surface area contributed by atoms with Crippen LogP contribution in [-0.2, 0) is 11.3 Å². The number of ether oxygens (including phenoxy) is 1. The molecule has 2 fully saturated rings. The first-order valence-corrected chi connectivity index (χ1v) is 7.24. The standard InChI is InChI=1S/C13H21N5O2/c1-3-14-13(15-7-12-16-8(2)20-18-12)17-10-6-9-4-5-11(10)19-9/h9-11H,3-7H2,1-2H3,(H2,14,15,17). The predicted molar refractivity (Wildman–Crippen MR) is 73.3 cm³/mol. The summed E-state index contributed by atoms with van der Waals surface area (Å²) in [6, 6.07) is 0.360. The van der Waals surface area contributed by atoms with E-state index < -0.39 is 0 Å². The van der Waals surface area contributed by atoms with Crippen LogP contribution >= 0.6 is 0 Å². The van der Waals surface area contributed by atoms with Crippen molar-refractivity contribution in [3.05, 3.63) is 11.7 Å². The molecule has 2 bridgehead atoms. The van der Waals surface area contributed by atoms with Crippen molar-refractivity contribution in [3.8, 4) is 0 Å². The number of fused-ring (bicyclic) bond motifs is 2. The minimum atomic E-state index is 0.330. The number of nitrogens with one attached hydrogen (secondary N) is 2. The summed E-state index contributed by atoms with van der Waals surface area (Å²) in [4.78, 5) is 8.65. The highest BCUT2D eigenvalue weighted by Crippen LogP contribution is 2.34. The molecule has 2 aliphatic heterocycles. The van der Waals surface area contributed by atoms with Crippen LogP contribution in [0.1, 0.15) is 37.9 Å². The molecule has 0 aromatic carbocycles. The van der Waals surface area contributed by atoms with Gasteiger partial charge in [0.05, 0.1) is 18.2 Å². The lowest BCUT2D eigenvalue weighted by Gasteiger charge is -2.22. The molecular formula is C13H21N5O2. The monoisotopic (exact) mass is 279 g/mol. The molecule has 2 aliphatic rings. The number of aromatic nitrogens is 2. The third kappa shape index (κ3) is 2.92. The number of nitrogens with zero attached hydrogens (tertiary/aromatic N) is 3. The number of hydrogen-bond acceptors (Lipinski definition) is 5. The molecule has 0 radical (unpaired) electrons. The van der Waals surface area contributed by atoms with Crippen molar-refractivity contribution in [2.24, 2.45) is 4.99 Å². The van der Waals surface area contributed by atoms with Crippen LogP contribution < -0.4 is 10.6 Å². The fraction of sp³-hybridized carbons (Fsp3) is 0.769. The summed E-state index contributed by atoms with van der Waals surface area (Å²) in [5.74, 6) is 1.95. The molecule has 3 atom stereocenters. The van der Waals surface area contributed by atoms with Crippen molar-refractivity contribution in [3.63, 3.8) is 0 Å². The molecular weight excluding hydrogens is 258 g/mol. The highest BCUT2D eigenvalue weighted by molar-refractivity contribution is 5.80. The van der Waals surface area contributed by atoms with Gasteiger partial charge >= 0.3 is 0 Å². The second-order valence-electron chi connectivity index (χ2n) is 5.29. The molecule has 20 heavy (non-hydrogen) atoms. The maximum atomic E-state index is 5.85. The zero-order valence-electron chi connectivity index (χ0n) is 11.9. The molecule has 0 saturated carbocycles. The van der Waals surface area contributed by atoms with E-state index in [0.717, 1.165) is 25.3 Å². The molecule has 3 rings (SSSR count). The molecule has 7 nitrogen and oxygen atoms in total. The largest absolute Gasteiger partial charge is 0.373 e. The zero-order valence-corrected chi connectivity index (χ0v) is 11.9. The smallest absolute Gasteiger partial charge is 0.223 e. The Morgan fingerprint density at radius 2 is 2.35 bits per heavy atom. The van der Waals surface area contributed by atoms with Crippen molar-refractivity contribution in [1.82, 2.24) is 20.8 Å². The number of guanidine groups is 1. The lowest BCUT2D eigenvalue weighted by atomic mass is 9.96. The van der Waals surface area contributed by atoms with Gasteiger partial charge in [-0.25, -0.2) is 4.99 Å². The Hall–Kier alpha value is -1.63. The molecule has 110 valence electrons. The third-order valence-corrected chi connectivity index (χ3v) is 3.72. The first kappa shape index (κ1) is 13.4. The topological polar surface area (TPSA) is 84.6 Å². The van der Waals surface area contributed by atoms with Crippen molar-refractivity contribution < 1.29 is 9.26 Å². The van der Waals surface area contributed by atoms with Crippen LogP contribution in [0.3, 0.4) is 0 Å². The van der Waals surface area contributed by atoms with Crippen LogP contribution in [0.2, 0.25) is 0 Å². The lowest BCUT2D eigenvalue weighted by Crippen LogP contribution is -2.47. The Bertz CT molecular complexity index is 487. The lowest BCUT2D eigenvalue weighted by molar-refractivity contribution is 0.0992. The first-order valence-electron chi connectivity index (χ1n) is 7.24. The van der Waals surface area contributed by atoms with Crippen LogP contribution in [0.4, 0.5) is 0 Å². The maximum absolute atomic E-state index is 5.85. The third-order valence-electron chi connectivity index (χ3n) is 3.72. The van der Waals surface area contributed by atoms with Crippen molar-refractivity contribution in [2.45, 2.75) is 57.9 Å². The highest BCUT2D eigenvalue weighted by Gasteiger charge is 2.41. The molecule has 0 spiro atoms. The Morgan fingerprint density at radius 1 is 1.45 bits per heavy atom. The number of aryl methyl sites for hydroxylation is 1. The minimum Gasteiger partial charge on any atom is -0.373 e. The van der Waals surface area contributed by atoms with E-state index in [1.54, 1.807) is 6.92 Å². The average Bonchev–Trinajstić information content (AvgIpc) is 3.13. The summed E-state index contributed by atoms with van der Waals surface area (Å²) in [6.07, 6.45) is 4.16. The van der Waals surface area contributed by atoms with E-state index in [0.29, 0.717) is 36.5 Å².